The molecule has 19 heteroatoms. The Morgan fingerprint density at radius 1 is 0.588 bits per heavy atom. The molecule has 3 aromatic heterocycles. The Bertz CT molecular complexity index is 1970. The van der Waals surface area contributed by atoms with Gasteiger partial charge in [0.1, 0.15) is 11.4 Å². The molecule has 0 fully saturated rings. The summed E-state index contributed by atoms with van der Waals surface area (Å²) >= 11 is 0. The van der Waals surface area contributed by atoms with E-state index in [0.717, 1.165) is 33.6 Å². The number of benzene rings is 2. The summed E-state index contributed by atoms with van der Waals surface area (Å²) in [5, 5.41) is 23.2. The Kier molecular flexibility index (Phi) is 10.2. The molecule has 0 aliphatic heterocycles. The lowest BCUT2D eigenvalue weighted by Crippen LogP contribution is -2.26. The fourth-order valence-electron chi connectivity index (χ4n) is 4.93. The number of aromatic nitrogens is 7. The fraction of sp³-hybridized carbons (Fsp3) is 0.250. The Morgan fingerprint density at radius 3 is 1.35 bits per heavy atom. The normalized spacial score (nSPS) is 11.7. The summed E-state index contributed by atoms with van der Waals surface area (Å²) < 4.78 is 85.5. The zero-order chi connectivity index (χ0) is 37.1. The van der Waals surface area contributed by atoms with E-state index in [2.05, 4.69) is 41.6 Å². The molecule has 3 heterocycles. The van der Waals surface area contributed by atoms with Gasteiger partial charge in [-0.25, -0.2) is 14.3 Å². The van der Waals surface area contributed by atoms with Crippen LogP contribution < -0.4 is 16.0 Å². The second-order valence-electron chi connectivity index (χ2n) is 10.8. The van der Waals surface area contributed by atoms with Gasteiger partial charge < -0.3 is 16.0 Å². The second-order valence-corrected chi connectivity index (χ2v) is 10.8. The molecule has 0 radical (unpaired) electrons. The summed E-state index contributed by atoms with van der Waals surface area (Å²) in [6, 6.07) is 8.78. The Balaban J connectivity index is 1.54. The lowest BCUT2D eigenvalue weighted by Gasteiger charge is -2.14. The van der Waals surface area contributed by atoms with Crippen molar-refractivity contribution in [2.24, 2.45) is 0 Å². The first kappa shape index (κ1) is 36.1. The predicted molar refractivity (Wildman–Crippen MR) is 169 cm³/mol. The predicted octanol–water partition coefficient (Wildman–Crippen LogP) is 4.86. The van der Waals surface area contributed by atoms with E-state index in [1.165, 1.54) is 36.7 Å². The topological polar surface area (TPSA) is 162 Å². The lowest BCUT2D eigenvalue weighted by atomic mass is 10.1. The van der Waals surface area contributed by atoms with Crippen molar-refractivity contribution in [3.8, 4) is 34.2 Å². The molecule has 3 amide bonds. The number of carbonyl (C=O) groups is 3. The summed E-state index contributed by atoms with van der Waals surface area (Å²) in [5.41, 5.74) is -3.43. The van der Waals surface area contributed by atoms with Crippen molar-refractivity contribution in [3.05, 3.63) is 88.7 Å². The minimum absolute atomic E-state index is 0.0342. The SMILES string of the molecule is CCNC(=O)c1cc(-c2cn(-c3ccc(C(=O)NCC)c(C(F)(F)F)c3)nn2)nc(-c2cn(-c3ccc(C(=O)NCC)c(C(F)(F)F)c3)nn2)c1. The number of hydrogen-bond acceptors (Lipinski definition) is 8. The first-order valence-corrected chi connectivity index (χ1v) is 15.3. The highest BCUT2D eigenvalue weighted by Gasteiger charge is 2.37. The maximum atomic E-state index is 13.9. The van der Waals surface area contributed by atoms with Crippen LogP contribution in [0.5, 0.6) is 0 Å². The van der Waals surface area contributed by atoms with Crippen LogP contribution in [0.15, 0.2) is 60.9 Å². The van der Waals surface area contributed by atoms with Crippen molar-refractivity contribution in [2.45, 2.75) is 33.1 Å². The van der Waals surface area contributed by atoms with E-state index in [4.69, 9.17) is 0 Å². The smallest absolute Gasteiger partial charge is 0.352 e. The van der Waals surface area contributed by atoms with Crippen molar-refractivity contribution in [2.75, 3.05) is 19.6 Å². The molecule has 51 heavy (non-hydrogen) atoms. The van der Waals surface area contributed by atoms with Crippen molar-refractivity contribution >= 4 is 17.7 Å². The summed E-state index contributed by atoms with van der Waals surface area (Å²) in [7, 11) is 0. The van der Waals surface area contributed by atoms with E-state index in [0.29, 0.717) is 0 Å². The van der Waals surface area contributed by atoms with E-state index in [-0.39, 0.29) is 59.3 Å². The number of rotatable bonds is 10. The van der Waals surface area contributed by atoms with Gasteiger partial charge in [0.2, 0.25) is 0 Å². The van der Waals surface area contributed by atoms with Crippen LogP contribution in [0.2, 0.25) is 0 Å². The minimum Gasteiger partial charge on any atom is -0.352 e. The molecule has 13 nitrogen and oxygen atoms in total. The third-order valence-electron chi connectivity index (χ3n) is 7.25. The third-order valence-corrected chi connectivity index (χ3v) is 7.25. The maximum absolute atomic E-state index is 13.9. The highest BCUT2D eigenvalue weighted by molar-refractivity contribution is 5.97. The number of nitrogens with zero attached hydrogens (tertiary/aromatic N) is 7. The standard InChI is InChI=1S/C32H28F6N10O3/c1-4-39-28(49)17-11-24(26-15-47(45-43-26)18-7-9-20(29(50)40-5-2)22(13-18)31(33,34)35)42-25(12-17)27-16-48(46-44-27)19-8-10-21(30(51)41-6-3)23(14-19)32(36,37)38/h7-16H,4-6H2,1-3H3,(H,39,49)(H,40,50)(H,41,51). The molecule has 0 bridgehead atoms. The highest BCUT2D eigenvalue weighted by atomic mass is 19.4. The van der Waals surface area contributed by atoms with Crippen LogP contribution in [0, 0.1) is 0 Å². The number of pyridine rings is 1. The van der Waals surface area contributed by atoms with E-state index in [1.54, 1.807) is 20.8 Å². The van der Waals surface area contributed by atoms with Crippen molar-refractivity contribution < 1.29 is 40.7 Å². The van der Waals surface area contributed by atoms with Crippen molar-refractivity contribution in [1.82, 2.24) is 50.9 Å². The average molecular weight is 715 g/mol. The quantitative estimate of drug-likeness (QED) is 0.173. The van der Waals surface area contributed by atoms with Gasteiger partial charge in [0.25, 0.3) is 17.7 Å². The number of carbonyl (C=O) groups excluding carboxylic acids is 3. The van der Waals surface area contributed by atoms with Crippen LogP contribution in [0.4, 0.5) is 26.3 Å². The van der Waals surface area contributed by atoms with Gasteiger partial charge in [-0.3, -0.25) is 14.4 Å². The van der Waals surface area contributed by atoms with Crippen LogP contribution in [0.1, 0.15) is 63.0 Å². The number of hydrogen-bond donors (Lipinski definition) is 3. The molecule has 0 spiro atoms. The molecule has 5 aromatic rings. The van der Waals surface area contributed by atoms with Crippen molar-refractivity contribution in [1.29, 1.82) is 0 Å². The van der Waals surface area contributed by atoms with Crippen LogP contribution in [-0.4, -0.2) is 72.3 Å². The van der Waals surface area contributed by atoms with E-state index in [1.807, 2.05) is 0 Å². The molecule has 2 aromatic carbocycles. The first-order valence-electron chi connectivity index (χ1n) is 15.3. The molecule has 0 aliphatic carbocycles. The van der Waals surface area contributed by atoms with Gasteiger partial charge in [-0.05, 0) is 69.3 Å². The largest absolute Gasteiger partial charge is 0.417 e. The summed E-state index contributed by atoms with van der Waals surface area (Å²) in [6.45, 7) is 5.34. The second kappa shape index (κ2) is 14.4. The average Bonchev–Trinajstić information content (AvgIpc) is 3.79. The van der Waals surface area contributed by atoms with Crippen LogP contribution in [0.3, 0.4) is 0 Å². The molecule has 266 valence electrons. The van der Waals surface area contributed by atoms with Gasteiger partial charge in [-0.1, -0.05) is 10.4 Å². The van der Waals surface area contributed by atoms with Gasteiger partial charge in [0, 0.05) is 25.2 Å². The Morgan fingerprint density at radius 2 is 0.980 bits per heavy atom. The molecule has 5 rings (SSSR count). The van der Waals surface area contributed by atoms with Crippen LogP contribution >= 0.6 is 0 Å². The summed E-state index contributed by atoms with van der Waals surface area (Å²) in [4.78, 5) is 41.9. The monoisotopic (exact) mass is 714 g/mol. The third kappa shape index (κ3) is 7.86. The Labute approximate surface area is 285 Å². The van der Waals surface area contributed by atoms with Gasteiger partial charge >= 0.3 is 12.4 Å². The zero-order valence-electron chi connectivity index (χ0n) is 27.0. The number of halogens is 6. The molecule has 0 aliphatic rings. The van der Waals surface area contributed by atoms with Gasteiger partial charge in [0.15, 0.2) is 0 Å². The summed E-state index contributed by atoms with van der Waals surface area (Å²) in [6.07, 6.45) is -7.20. The van der Waals surface area contributed by atoms with E-state index in [9.17, 15) is 40.7 Å². The molecule has 0 saturated carbocycles. The van der Waals surface area contributed by atoms with Crippen LogP contribution in [-0.2, 0) is 12.4 Å². The highest BCUT2D eigenvalue weighted by Crippen LogP contribution is 2.35. The van der Waals surface area contributed by atoms with Gasteiger partial charge in [-0.2, -0.15) is 26.3 Å². The number of nitrogens with one attached hydrogen (secondary N) is 3. The molecule has 0 saturated heterocycles. The van der Waals surface area contributed by atoms with Crippen molar-refractivity contribution in [3.63, 3.8) is 0 Å². The summed E-state index contributed by atoms with van der Waals surface area (Å²) in [5.74, 6) is -2.32. The van der Waals surface area contributed by atoms with Gasteiger partial charge in [-0.15, -0.1) is 10.2 Å². The molecule has 3 N–H and O–H groups in total. The molecular formula is C32H28F6N10O3. The fourth-order valence-corrected chi connectivity index (χ4v) is 4.93. The molecule has 0 unspecified atom stereocenters. The van der Waals surface area contributed by atoms with E-state index >= 15 is 0 Å². The first-order chi connectivity index (χ1) is 24.1. The van der Waals surface area contributed by atoms with Crippen LogP contribution in [0.25, 0.3) is 34.2 Å². The number of alkyl halides is 6. The minimum atomic E-state index is -4.87. The Hall–Kier alpha value is -6.14. The molecule has 0 atom stereocenters. The lowest BCUT2D eigenvalue weighted by molar-refractivity contribution is -0.138. The number of amides is 3. The maximum Gasteiger partial charge on any atom is 0.417 e. The molecular weight excluding hydrogens is 686 g/mol. The van der Waals surface area contributed by atoms with Gasteiger partial charge in [0.05, 0.1) is 57.4 Å². The van der Waals surface area contributed by atoms with E-state index < -0.39 is 52.3 Å². The zero-order valence-corrected chi connectivity index (χ0v) is 27.0.